The standard InChI is InChI=1S/C16H14Cl2N2O2/c17-11-4-5-12(18)16-10(11)3-6-15(20-16)19-13(7-8-21)14-2-1-9-22-14/h1-6,9,13,21H,7-8H2,(H,19,20). The fourth-order valence-corrected chi connectivity index (χ4v) is 2.73. The molecule has 0 radical (unpaired) electrons. The predicted octanol–water partition coefficient (Wildman–Crippen LogP) is 4.67. The molecule has 0 saturated heterocycles. The van der Waals surface area contributed by atoms with E-state index in [4.69, 9.17) is 27.6 Å². The maximum absolute atomic E-state index is 9.23. The van der Waals surface area contributed by atoms with Gasteiger partial charge in [-0.1, -0.05) is 23.2 Å². The minimum absolute atomic E-state index is 0.0402. The van der Waals surface area contributed by atoms with E-state index in [-0.39, 0.29) is 12.6 Å². The molecule has 4 nitrogen and oxygen atoms in total. The Kier molecular flexibility index (Phi) is 4.52. The van der Waals surface area contributed by atoms with Gasteiger partial charge in [-0.2, -0.15) is 0 Å². The number of pyridine rings is 1. The smallest absolute Gasteiger partial charge is 0.127 e. The molecular formula is C16H14Cl2N2O2. The average Bonchev–Trinajstić information content (AvgIpc) is 3.05. The highest BCUT2D eigenvalue weighted by Gasteiger charge is 2.15. The third kappa shape index (κ3) is 3.04. The van der Waals surface area contributed by atoms with Crippen LogP contribution in [0.5, 0.6) is 0 Å². The second-order valence-electron chi connectivity index (χ2n) is 4.85. The number of nitrogens with zero attached hydrogens (tertiary/aromatic N) is 1. The van der Waals surface area contributed by atoms with E-state index in [0.717, 1.165) is 11.1 Å². The van der Waals surface area contributed by atoms with Gasteiger partial charge in [-0.25, -0.2) is 4.98 Å². The fourth-order valence-electron chi connectivity index (χ4n) is 2.31. The van der Waals surface area contributed by atoms with Crippen LogP contribution < -0.4 is 5.32 Å². The fraction of sp³-hybridized carbons (Fsp3) is 0.188. The summed E-state index contributed by atoms with van der Waals surface area (Å²) in [5, 5.41) is 14.4. The number of furan rings is 1. The van der Waals surface area contributed by atoms with Crippen molar-refractivity contribution >= 4 is 39.9 Å². The quantitative estimate of drug-likeness (QED) is 0.710. The van der Waals surface area contributed by atoms with Crippen LogP contribution in [0, 0.1) is 0 Å². The Bertz CT molecular complexity index is 775. The Morgan fingerprint density at radius 1 is 1.14 bits per heavy atom. The summed E-state index contributed by atoms with van der Waals surface area (Å²) >= 11 is 12.3. The summed E-state index contributed by atoms with van der Waals surface area (Å²) in [7, 11) is 0. The predicted molar refractivity (Wildman–Crippen MR) is 88.5 cm³/mol. The first-order valence-corrected chi connectivity index (χ1v) is 7.60. The van der Waals surface area contributed by atoms with Gasteiger partial charge >= 0.3 is 0 Å². The van der Waals surface area contributed by atoms with Crippen molar-refractivity contribution in [3.05, 3.63) is 58.5 Å². The SMILES string of the molecule is OCCC(Nc1ccc2c(Cl)ccc(Cl)c2n1)c1ccco1. The van der Waals surface area contributed by atoms with Gasteiger partial charge in [0.1, 0.15) is 11.6 Å². The van der Waals surface area contributed by atoms with Crippen molar-refractivity contribution in [2.45, 2.75) is 12.5 Å². The number of rotatable bonds is 5. The normalized spacial score (nSPS) is 12.5. The van der Waals surface area contributed by atoms with Gasteiger partial charge in [-0.15, -0.1) is 0 Å². The zero-order valence-electron chi connectivity index (χ0n) is 11.6. The van der Waals surface area contributed by atoms with E-state index in [9.17, 15) is 5.11 Å². The lowest BCUT2D eigenvalue weighted by molar-refractivity contribution is 0.273. The highest BCUT2D eigenvalue weighted by atomic mass is 35.5. The van der Waals surface area contributed by atoms with Crippen LogP contribution in [-0.2, 0) is 0 Å². The first kappa shape index (κ1) is 15.2. The van der Waals surface area contributed by atoms with Crippen molar-refractivity contribution in [2.24, 2.45) is 0 Å². The number of halogens is 2. The molecule has 2 N–H and O–H groups in total. The summed E-state index contributed by atoms with van der Waals surface area (Å²) < 4.78 is 5.40. The van der Waals surface area contributed by atoms with Crippen LogP contribution in [-0.4, -0.2) is 16.7 Å². The first-order chi connectivity index (χ1) is 10.7. The van der Waals surface area contributed by atoms with E-state index >= 15 is 0 Å². The lowest BCUT2D eigenvalue weighted by atomic mass is 10.1. The number of hydrogen-bond donors (Lipinski definition) is 2. The van der Waals surface area contributed by atoms with Gasteiger partial charge in [0.2, 0.25) is 0 Å². The van der Waals surface area contributed by atoms with Gasteiger partial charge in [0.15, 0.2) is 0 Å². The van der Waals surface area contributed by atoms with Gasteiger partial charge in [-0.3, -0.25) is 0 Å². The molecule has 0 aliphatic carbocycles. The van der Waals surface area contributed by atoms with Crippen molar-refractivity contribution in [1.82, 2.24) is 4.98 Å². The summed E-state index contributed by atoms with van der Waals surface area (Å²) in [5.74, 6) is 1.39. The molecule has 0 spiro atoms. The van der Waals surface area contributed by atoms with Crippen LogP contribution in [0.15, 0.2) is 47.1 Å². The minimum atomic E-state index is -0.164. The maximum atomic E-state index is 9.23. The third-order valence-electron chi connectivity index (χ3n) is 3.38. The Hall–Kier alpha value is -1.75. The van der Waals surface area contributed by atoms with E-state index in [1.807, 2.05) is 24.3 Å². The van der Waals surface area contributed by atoms with Gasteiger partial charge < -0.3 is 14.8 Å². The Morgan fingerprint density at radius 3 is 2.68 bits per heavy atom. The van der Waals surface area contributed by atoms with E-state index in [1.54, 1.807) is 18.4 Å². The highest BCUT2D eigenvalue weighted by Crippen LogP contribution is 2.30. The second kappa shape index (κ2) is 6.57. The molecule has 2 heterocycles. The molecule has 3 aromatic rings. The zero-order valence-corrected chi connectivity index (χ0v) is 13.1. The highest BCUT2D eigenvalue weighted by molar-refractivity contribution is 6.39. The molecule has 0 fully saturated rings. The van der Waals surface area contributed by atoms with Gasteiger partial charge in [0.05, 0.1) is 27.9 Å². The van der Waals surface area contributed by atoms with E-state index in [0.29, 0.717) is 27.8 Å². The average molecular weight is 337 g/mol. The lowest BCUT2D eigenvalue weighted by Crippen LogP contribution is -2.12. The molecule has 0 aliphatic rings. The molecule has 1 atom stereocenters. The Balaban J connectivity index is 1.94. The van der Waals surface area contributed by atoms with Crippen LogP contribution >= 0.6 is 23.2 Å². The summed E-state index contributed by atoms with van der Waals surface area (Å²) in [6.07, 6.45) is 2.11. The largest absolute Gasteiger partial charge is 0.467 e. The van der Waals surface area contributed by atoms with Crippen LogP contribution in [0.4, 0.5) is 5.82 Å². The number of nitrogens with one attached hydrogen (secondary N) is 1. The molecule has 1 aromatic carbocycles. The van der Waals surface area contributed by atoms with E-state index in [1.165, 1.54) is 0 Å². The zero-order chi connectivity index (χ0) is 15.5. The van der Waals surface area contributed by atoms with Crippen molar-refractivity contribution in [1.29, 1.82) is 0 Å². The summed E-state index contributed by atoms with van der Waals surface area (Å²) in [6, 6.07) is 10.7. The number of aliphatic hydroxyl groups is 1. The van der Waals surface area contributed by atoms with Gasteiger partial charge in [-0.05, 0) is 42.8 Å². The molecule has 2 aromatic heterocycles. The molecule has 0 aliphatic heterocycles. The van der Waals surface area contributed by atoms with Crippen LogP contribution in [0.25, 0.3) is 10.9 Å². The van der Waals surface area contributed by atoms with Crippen LogP contribution in [0.1, 0.15) is 18.2 Å². The minimum Gasteiger partial charge on any atom is -0.467 e. The first-order valence-electron chi connectivity index (χ1n) is 6.84. The Labute approximate surface area is 137 Å². The molecular weight excluding hydrogens is 323 g/mol. The number of aliphatic hydroxyl groups excluding tert-OH is 1. The topological polar surface area (TPSA) is 58.3 Å². The number of anilines is 1. The number of aromatic nitrogens is 1. The molecule has 1 unspecified atom stereocenters. The molecule has 114 valence electrons. The maximum Gasteiger partial charge on any atom is 0.127 e. The monoisotopic (exact) mass is 336 g/mol. The number of fused-ring (bicyclic) bond motifs is 1. The van der Waals surface area contributed by atoms with E-state index in [2.05, 4.69) is 10.3 Å². The van der Waals surface area contributed by atoms with Crippen molar-refractivity contribution < 1.29 is 9.52 Å². The van der Waals surface area contributed by atoms with Crippen LogP contribution in [0.2, 0.25) is 10.0 Å². The third-order valence-corrected chi connectivity index (χ3v) is 4.02. The van der Waals surface area contributed by atoms with Crippen molar-refractivity contribution in [3.8, 4) is 0 Å². The van der Waals surface area contributed by atoms with Gasteiger partial charge in [0, 0.05) is 12.0 Å². The molecule has 0 bridgehead atoms. The number of hydrogen-bond acceptors (Lipinski definition) is 4. The molecule has 0 amide bonds. The summed E-state index contributed by atoms with van der Waals surface area (Å²) in [5.41, 5.74) is 0.640. The molecule has 22 heavy (non-hydrogen) atoms. The van der Waals surface area contributed by atoms with E-state index < -0.39 is 0 Å². The molecule has 0 saturated carbocycles. The van der Waals surface area contributed by atoms with Crippen molar-refractivity contribution in [3.63, 3.8) is 0 Å². The van der Waals surface area contributed by atoms with Gasteiger partial charge in [0.25, 0.3) is 0 Å². The second-order valence-corrected chi connectivity index (χ2v) is 5.66. The molecule has 3 rings (SSSR count). The number of benzene rings is 1. The van der Waals surface area contributed by atoms with Crippen molar-refractivity contribution in [2.75, 3.05) is 11.9 Å². The lowest BCUT2D eigenvalue weighted by Gasteiger charge is -2.16. The summed E-state index contributed by atoms with van der Waals surface area (Å²) in [6.45, 7) is 0.0402. The summed E-state index contributed by atoms with van der Waals surface area (Å²) in [4.78, 5) is 4.52. The molecule has 6 heteroatoms. The van der Waals surface area contributed by atoms with Crippen LogP contribution in [0.3, 0.4) is 0 Å². The Morgan fingerprint density at radius 2 is 1.95 bits per heavy atom.